The summed E-state index contributed by atoms with van der Waals surface area (Å²) in [5.41, 5.74) is -0.188. The van der Waals surface area contributed by atoms with E-state index in [2.05, 4.69) is 15.3 Å². The van der Waals surface area contributed by atoms with Crippen LogP contribution in [-0.2, 0) is 9.59 Å². The van der Waals surface area contributed by atoms with Crippen molar-refractivity contribution in [2.24, 2.45) is 0 Å². The summed E-state index contributed by atoms with van der Waals surface area (Å²) >= 11 is 5.81. The number of aromatic nitrogens is 2. The minimum Gasteiger partial charge on any atom is -0.481 e. The van der Waals surface area contributed by atoms with E-state index in [0.29, 0.717) is 5.82 Å². The van der Waals surface area contributed by atoms with Gasteiger partial charge in [0, 0.05) is 5.92 Å². The Morgan fingerprint density at radius 3 is 2.43 bits per heavy atom. The fraction of sp³-hybridized carbons (Fsp3) is 0.417. The molecule has 0 saturated carbocycles. The maximum Gasteiger partial charge on any atom is 0.326 e. The Balaban J connectivity index is 2.99. The summed E-state index contributed by atoms with van der Waals surface area (Å²) in [5, 5.41) is 19.5. The van der Waals surface area contributed by atoms with Gasteiger partial charge in [-0.15, -0.1) is 0 Å². The summed E-state index contributed by atoms with van der Waals surface area (Å²) in [6.07, 6.45) is 0.493. The van der Waals surface area contributed by atoms with Crippen LogP contribution in [0.25, 0.3) is 0 Å². The fourth-order valence-corrected chi connectivity index (χ4v) is 1.60. The van der Waals surface area contributed by atoms with Crippen LogP contribution < -0.4 is 5.32 Å². The summed E-state index contributed by atoms with van der Waals surface area (Å²) in [4.78, 5) is 41.4. The van der Waals surface area contributed by atoms with E-state index in [0.717, 1.165) is 0 Å². The van der Waals surface area contributed by atoms with Gasteiger partial charge in [-0.25, -0.2) is 14.8 Å². The van der Waals surface area contributed by atoms with Gasteiger partial charge in [0.1, 0.15) is 17.6 Å². The van der Waals surface area contributed by atoms with E-state index in [1.807, 2.05) is 13.8 Å². The standard InChI is InChI=1S/C12H14ClN3O5/c1-5(2)10-14-4-6(13)9(16-10)11(19)15-7(12(20)21)3-8(17)18/h4-5,7H,3H2,1-2H3,(H,15,19)(H,17,18)(H,20,21)/t7-/m0/s1. The summed E-state index contributed by atoms with van der Waals surface area (Å²) in [7, 11) is 0. The Morgan fingerprint density at radius 1 is 1.33 bits per heavy atom. The maximum atomic E-state index is 12.0. The Bertz CT molecular complexity index is 576. The third kappa shape index (κ3) is 4.67. The van der Waals surface area contributed by atoms with Gasteiger partial charge in [0.15, 0.2) is 0 Å². The van der Waals surface area contributed by atoms with E-state index in [1.165, 1.54) is 6.20 Å². The number of carboxylic acids is 2. The molecular weight excluding hydrogens is 302 g/mol. The molecule has 0 unspecified atom stereocenters. The van der Waals surface area contributed by atoms with Crippen LogP contribution in [0.5, 0.6) is 0 Å². The fourth-order valence-electron chi connectivity index (χ4n) is 1.42. The molecule has 1 amide bonds. The monoisotopic (exact) mass is 315 g/mol. The number of amides is 1. The number of carboxylic acid groups (broad SMARTS) is 2. The molecule has 114 valence electrons. The molecular formula is C12H14ClN3O5. The minimum absolute atomic E-state index is 0.0450. The molecule has 0 bridgehead atoms. The minimum atomic E-state index is -1.57. The van der Waals surface area contributed by atoms with Crippen molar-refractivity contribution in [3.8, 4) is 0 Å². The maximum absolute atomic E-state index is 12.0. The SMILES string of the molecule is CC(C)c1ncc(Cl)c(C(=O)N[C@@H](CC(=O)O)C(=O)O)n1. The molecule has 0 aromatic carbocycles. The molecule has 0 aliphatic carbocycles. The van der Waals surface area contributed by atoms with Crippen LogP contribution in [-0.4, -0.2) is 44.1 Å². The van der Waals surface area contributed by atoms with E-state index in [9.17, 15) is 14.4 Å². The highest BCUT2D eigenvalue weighted by molar-refractivity contribution is 6.33. The van der Waals surface area contributed by atoms with Gasteiger partial charge in [-0.3, -0.25) is 9.59 Å². The molecule has 0 spiro atoms. The van der Waals surface area contributed by atoms with Crippen LogP contribution in [0.4, 0.5) is 0 Å². The highest BCUT2D eigenvalue weighted by atomic mass is 35.5. The van der Waals surface area contributed by atoms with Gasteiger partial charge < -0.3 is 15.5 Å². The number of nitrogens with zero attached hydrogens (tertiary/aromatic N) is 2. The normalized spacial score (nSPS) is 12.0. The second kappa shape index (κ2) is 6.98. The van der Waals surface area contributed by atoms with Crippen molar-refractivity contribution in [3.05, 3.63) is 22.7 Å². The summed E-state index contributed by atoms with van der Waals surface area (Å²) in [5.74, 6) is -3.35. The number of hydrogen-bond donors (Lipinski definition) is 3. The molecule has 0 aliphatic heterocycles. The van der Waals surface area contributed by atoms with Crippen LogP contribution in [0, 0.1) is 0 Å². The highest BCUT2D eigenvalue weighted by Gasteiger charge is 2.25. The van der Waals surface area contributed by atoms with Crippen LogP contribution in [0.1, 0.15) is 42.5 Å². The van der Waals surface area contributed by atoms with Gasteiger partial charge in [-0.2, -0.15) is 0 Å². The van der Waals surface area contributed by atoms with Crippen molar-refractivity contribution >= 4 is 29.4 Å². The summed E-state index contributed by atoms with van der Waals surface area (Å²) < 4.78 is 0. The van der Waals surface area contributed by atoms with Crippen LogP contribution in [0.15, 0.2) is 6.20 Å². The van der Waals surface area contributed by atoms with Gasteiger partial charge in [0.2, 0.25) is 0 Å². The van der Waals surface area contributed by atoms with Crippen molar-refractivity contribution < 1.29 is 24.6 Å². The lowest BCUT2D eigenvalue weighted by atomic mass is 10.2. The van der Waals surface area contributed by atoms with Crippen LogP contribution in [0.3, 0.4) is 0 Å². The lowest BCUT2D eigenvalue weighted by Crippen LogP contribution is -2.42. The molecule has 1 atom stereocenters. The predicted molar refractivity (Wildman–Crippen MR) is 72.3 cm³/mol. The topological polar surface area (TPSA) is 129 Å². The van der Waals surface area contributed by atoms with E-state index >= 15 is 0 Å². The van der Waals surface area contributed by atoms with Gasteiger partial charge in [-0.05, 0) is 0 Å². The first kappa shape index (κ1) is 16.8. The van der Waals surface area contributed by atoms with E-state index in [1.54, 1.807) is 0 Å². The second-order valence-corrected chi connectivity index (χ2v) is 4.95. The number of carbonyl (C=O) groups is 3. The molecule has 0 aliphatic rings. The number of carbonyl (C=O) groups excluding carboxylic acids is 1. The van der Waals surface area contributed by atoms with Crippen molar-refractivity contribution in [1.29, 1.82) is 0 Å². The first-order chi connectivity index (χ1) is 9.72. The summed E-state index contributed by atoms with van der Waals surface area (Å²) in [6, 6.07) is -1.57. The Morgan fingerprint density at radius 2 is 1.95 bits per heavy atom. The highest BCUT2D eigenvalue weighted by Crippen LogP contribution is 2.16. The molecule has 3 N–H and O–H groups in total. The number of hydrogen-bond acceptors (Lipinski definition) is 5. The zero-order chi connectivity index (χ0) is 16.2. The van der Waals surface area contributed by atoms with Crippen LogP contribution in [0.2, 0.25) is 5.02 Å². The second-order valence-electron chi connectivity index (χ2n) is 4.54. The quantitative estimate of drug-likeness (QED) is 0.711. The molecule has 0 radical (unpaired) electrons. The Labute approximate surface area is 125 Å². The third-order valence-electron chi connectivity index (χ3n) is 2.48. The van der Waals surface area contributed by atoms with E-state index < -0.39 is 30.3 Å². The number of aliphatic carboxylic acids is 2. The predicted octanol–water partition coefficient (Wildman–Crippen LogP) is 0.911. The van der Waals surface area contributed by atoms with Crippen molar-refractivity contribution in [2.75, 3.05) is 0 Å². The number of rotatable bonds is 6. The van der Waals surface area contributed by atoms with Crippen molar-refractivity contribution in [1.82, 2.24) is 15.3 Å². The number of nitrogens with one attached hydrogen (secondary N) is 1. The Hall–Kier alpha value is -2.22. The lowest BCUT2D eigenvalue weighted by Gasteiger charge is -2.13. The molecule has 1 aromatic heterocycles. The van der Waals surface area contributed by atoms with Crippen molar-refractivity contribution in [2.45, 2.75) is 32.2 Å². The van der Waals surface area contributed by atoms with Crippen LogP contribution >= 0.6 is 11.6 Å². The van der Waals surface area contributed by atoms with Gasteiger partial charge in [0.25, 0.3) is 5.91 Å². The first-order valence-corrected chi connectivity index (χ1v) is 6.38. The molecule has 21 heavy (non-hydrogen) atoms. The average Bonchev–Trinajstić information content (AvgIpc) is 2.37. The average molecular weight is 316 g/mol. The lowest BCUT2D eigenvalue weighted by molar-refractivity contribution is -0.145. The van der Waals surface area contributed by atoms with Gasteiger partial charge in [-0.1, -0.05) is 25.4 Å². The van der Waals surface area contributed by atoms with Crippen molar-refractivity contribution in [3.63, 3.8) is 0 Å². The summed E-state index contributed by atoms with van der Waals surface area (Å²) in [6.45, 7) is 3.63. The smallest absolute Gasteiger partial charge is 0.326 e. The van der Waals surface area contributed by atoms with Gasteiger partial charge >= 0.3 is 11.9 Å². The molecule has 1 heterocycles. The molecule has 0 fully saturated rings. The molecule has 1 aromatic rings. The molecule has 8 nitrogen and oxygen atoms in total. The zero-order valence-electron chi connectivity index (χ0n) is 11.3. The number of halogens is 1. The largest absolute Gasteiger partial charge is 0.481 e. The third-order valence-corrected chi connectivity index (χ3v) is 2.75. The zero-order valence-corrected chi connectivity index (χ0v) is 12.1. The Kier molecular flexibility index (Phi) is 5.60. The molecule has 0 saturated heterocycles. The molecule has 1 rings (SSSR count). The van der Waals surface area contributed by atoms with E-state index in [4.69, 9.17) is 21.8 Å². The molecule has 9 heteroatoms. The van der Waals surface area contributed by atoms with E-state index in [-0.39, 0.29) is 16.6 Å². The first-order valence-electron chi connectivity index (χ1n) is 6.00. The van der Waals surface area contributed by atoms with Gasteiger partial charge in [0.05, 0.1) is 17.6 Å².